The monoisotopic (exact) mass is 444 g/mol. The number of hydrogen-bond acceptors (Lipinski definition) is 4. The lowest BCUT2D eigenvalue weighted by molar-refractivity contribution is -0.126. The van der Waals surface area contributed by atoms with Gasteiger partial charge in [0.1, 0.15) is 17.2 Å². The number of fused-ring (bicyclic) bond motifs is 1. The summed E-state index contributed by atoms with van der Waals surface area (Å²) in [6.07, 6.45) is 0.953. The first kappa shape index (κ1) is 21.5. The average molecular weight is 445 g/mol. The van der Waals surface area contributed by atoms with Crippen molar-refractivity contribution in [3.05, 3.63) is 71.2 Å². The number of nitrogens with zero attached hydrogens (tertiary/aromatic N) is 1. The van der Waals surface area contributed by atoms with Crippen LogP contribution in [0, 0.1) is 18.7 Å². The summed E-state index contributed by atoms with van der Waals surface area (Å²) in [5.41, 5.74) is 2.14. The molecule has 0 atom stereocenters. The van der Waals surface area contributed by atoms with Crippen LogP contribution in [0.15, 0.2) is 52.9 Å². The van der Waals surface area contributed by atoms with Crippen LogP contribution in [0.1, 0.15) is 29.7 Å². The number of furan rings is 1. The third kappa shape index (κ3) is 4.80. The van der Waals surface area contributed by atoms with Crippen LogP contribution in [0.2, 0.25) is 0 Å². The van der Waals surface area contributed by atoms with Gasteiger partial charge in [0.05, 0.1) is 12.3 Å². The highest BCUT2D eigenvalue weighted by molar-refractivity contribution is 7.88. The standard InChI is InChI=1S/C23H25FN2O4S/c1-16-20-13-19(24)7-8-21(20)30-22(16)14-25-23(27)18-9-11-26(12-10-18)31(28,29)15-17-5-3-2-4-6-17/h2-8,13,18H,9-12,14-15H2,1H3,(H,25,27). The van der Waals surface area contributed by atoms with Crippen molar-refractivity contribution < 1.29 is 22.0 Å². The molecule has 0 saturated carbocycles. The molecule has 1 fully saturated rings. The van der Waals surface area contributed by atoms with Gasteiger partial charge in [-0.15, -0.1) is 0 Å². The number of halogens is 1. The molecule has 2 aromatic carbocycles. The lowest BCUT2D eigenvalue weighted by Gasteiger charge is -2.30. The second-order valence-electron chi connectivity index (χ2n) is 7.92. The summed E-state index contributed by atoms with van der Waals surface area (Å²) in [7, 11) is -3.41. The molecule has 1 saturated heterocycles. The summed E-state index contributed by atoms with van der Waals surface area (Å²) in [4.78, 5) is 12.6. The molecule has 3 aromatic rings. The van der Waals surface area contributed by atoms with E-state index in [4.69, 9.17) is 4.42 Å². The van der Waals surface area contributed by atoms with Crippen molar-refractivity contribution in [2.75, 3.05) is 13.1 Å². The molecule has 1 amide bonds. The molecular weight excluding hydrogens is 419 g/mol. The number of rotatable bonds is 6. The summed E-state index contributed by atoms with van der Waals surface area (Å²) >= 11 is 0. The van der Waals surface area contributed by atoms with E-state index in [1.165, 1.54) is 16.4 Å². The Morgan fingerprint density at radius 3 is 2.58 bits per heavy atom. The predicted molar refractivity (Wildman–Crippen MR) is 116 cm³/mol. The van der Waals surface area contributed by atoms with Gasteiger partial charge in [0.15, 0.2) is 0 Å². The van der Waals surface area contributed by atoms with Gasteiger partial charge in [-0.25, -0.2) is 17.1 Å². The second kappa shape index (κ2) is 8.80. The number of sulfonamides is 1. The van der Waals surface area contributed by atoms with Gasteiger partial charge in [0.25, 0.3) is 0 Å². The molecule has 1 aliphatic rings. The zero-order valence-corrected chi connectivity index (χ0v) is 18.1. The van der Waals surface area contributed by atoms with Crippen LogP contribution < -0.4 is 5.32 Å². The Balaban J connectivity index is 1.32. The zero-order chi connectivity index (χ0) is 22.0. The number of carbonyl (C=O) groups excluding carboxylic acids is 1. The Bertz CT molecular complexity index is 1180. The molecule has 164 valence electrons. The topological polar surface area (TPSA) is 79.6 Å². The summed E-state index contributed by atoms with van der Waals surface area (Å²) < 4.78 is 46.0. The van der Waals surface area contributed by atoms with E-state index in [2.05, 4.69) is 5.32 Å². The minimum Gasteiger partial charge on any atom is -0.459 e. The third-order valence-electron chi connectivity index (χ3n) is 5.83. The van der Waals surface area contributed by atoms with E-state index in [0.29, 0.717) is 42.7 Å². The van der Waals surface area contributed by atoms with E-state index in [-0.39, 0.29) is 29.9 Å². The number of hydrogen-bond donors (Lipinski definition) is 1. The van der Waals surface area contributed by atoms with Crippen LogP contribution in [0.25, 0.3) is 11.0 Å². The minimum atomic E-state index is -3.41. The SMILES string of the molecule is Cc1c(CNC(=O)C2CCN(S(=O)(=O)Cc3ccccc3)CC2)oc2ccc(F)cc12. The normalized spacial score (nSPS) is 15.9. The molecule has 2 heterocycles. The molecule has 1 aliphatic heterocycles. The van der Waals surface area contributed by atoms with Crippen LogP contribution in [0.5, 0.6) is 0 Å². The van der Waals surface area contributed by atoms with E-state index in [1.54, 1.807) is 18.2 Å². The average Bonchev–Trinajstić information content (AvgIpc) is 3.07. The number of nitrogens with one attached hydrogen (secondary N) is 1. The van der Waals surface area contributed by atoms with E-state index >= 15 is 0 Å². The van der Waals surface area contributed by atoms with Crippen molar-refractivity contribution >= 4 is 26.9 Å². The van der Waals surface area contributed by atoms with Crippen molar-refractivity contribution in [2.45, 2.75) is 32.1 Å². The molecule has 8 heteroatoms. The molecule has 0 aliphatic carbocycles. The third-order valence-corrected chi connectivity index (χ3v) is 7.68. The molecule has 0 bridgehead atoms. The van der Waals surface area contributed by atoms with Crippen LogP contribution in [0.4, 0.5) is 4.39 Å². The quantitative estimate of drug-likeness (QED) is 0.628. The first-order valence-electron chi connectivity index (χ1n) is 10.3. The summed E-state index contributed by atoms with van der Waals surface area (Å²) in [6.45, 7) is 2.71. The molecule has 4 rings (SSSR count). The second-order valence-corrected chi connectivity index (χ2v) is 9.89. The van der Waals surface area contributed by atoms with Crippen molar-refractivity contribution in [3.8, 4) is 0 Å². The maximum absolute atomic E-state index is 13.5. The first-order valence-corrected chi connectivity index (χ1v) is 11.9. The van der Waals surface area contributed by atoms with E-state index in [1.807, 2.05) is 25.1 Å². The van der Waals surface area contributed by atoms with Gasteiger partial charge in [-0.1, -0.05) is 30.3 Å². The highest BCUT2D eigenvalue weighted by atomic mass is 32.2. The van der Waals surface area contributed by atoms with Gasteiger partial charge in [0.2, 0.25) is 15.9 Å². The number of carbonyl (C=O) groups is 1. The maximum atomic E-state index is 13.5. The van der Waals surface area contributed by atoms with Crippen LogP contribution in [0.3, 0.4) is 0 Å². The van der Waals surface area contributed by atoms with Gasteiger partial charge in [0, 0.05) is 30.0 Å². The lowest BCUT2D eigenvalue weighted by Crippen LogP contribution is -2.43. The Kier molecular flexibility index (Phi) is 6.11. The molecular formula is C23H25FN2O4S. The van der Waals surface area contributed by atoms with Crippen molar-refractivity contribution in [2.24, 2.45) is 5.92 Å². The van der Waals surface area contributed by atoms with Gasteiger partial charge in [-0.2, -0.15) is 0 Å². The van der Waals surface area contributed by atoms with Gasteiger partial charge >= 0.3 is 0 Å². The maximum Gasteiger partial charge on any atom is 0.223 e. The number of amides is 1. The fraction of sp³-hybridized carbons (Fsp3) is 0.348. The van der Waals surface area contributed by atoms with Gasteiger partial charge in [-0.05, 0) is 43.5 Å². The van der Waals surface area contributed by atoms with E-state index in [0.717, 1.165) is 11.1 Å². The summed E-state index contributed by atoms with van der Waals surface area (Å²) in [5, 5.41) is 3.58. The zero-order valence-electron chi connectivity index (χ0n) is 17.3. The van der Waals surface area contributed by atoms with Crippen molar-refractivity contribution in [3.63, 3.8) is 0 Å². The summed E-state index contributed by atoms with van der Waals surface area (Å²) in [6, 6.07) is 13.4. The Hall–Kier alpha value is -2.71. The number of piperidine rings is 1. The van der Waals surface area contributed by atoms with Crippen molar-refractivity contribution in [1.82, 2.24) is 9.62 Å². The highest BCUT2D eigenvalue weighted by Crippen LogP contribution is 2.26. The molecule has 0 radical (unpaired) electrons. The van der Waals surface area contributed by atoms with E-state index in [9.17, 15) is 17.6 Å². The minimum absolute atomic E-state index is 0.0311. The fourth-order valence-corrected chi connectivity index (χ4v) is 5.56. The number of benzene rings is 2. The van der Waals surface area contributed by atoms with Gasteiger partial charge < -0.3 is 9.73 Å². The van der Waals surface area contributed by atoms with E-state index < -0.39 is 10.0 Å². The number of aryl methyl sites for hydroxylation is 1. The molecule has 0 spiro atoms. The fourth-order valence-electron chi connectivity index (χ4n) is 4.00. The Labute approximate surface area is 181 Å². The lowest BCUT2D eigenvalue weighted by atomic mass is 9.97. The van der Waals surface area contributed by atoms with Crippen LogP contribution >= 0.6 is 0 Å². The Morgan fingerprint density at radius 1 is 1.16 bits per heavy atom. The summed E-state index contributed by atoms with van der Waals surface area (Å²) in [5.74, 6) is -0.134. The Morgan fingerprint density at radius 2 is 1.87 bits per heavy atom. The molecule has 31 heavy (non-hydrogen) atoms. The van der Waals surface area contributed by atoms with Crippen molar-refractivity contribution in [1.29, 1.82) is 0 Å². The largest absolute Gasteiger partial charge is 0.459 e. The predicted octanol–water partition coefficient (Wildman–Crippen LogP) is 3.74. The van der Waals surface area contributed by atoms with Crippen LogP contribution in [-0.2, 0) is 27.1 Å². The first-order chi connectivity index (χ1) is 14.8. The molecule has 1 N–H and O–H groups in total. The molecule has 6 nitrogen and oxygen atoms in total. The van der Waals surface area contributed by atoms with Crippen LogP contribution in [-0.4, -0.2) is 31.7 Å². The smallest absolute Gasteiger partial charge is 0.223 e. The highest BCUT2D eigenvalue weighted by Gasteiger charge is 2.31. The molecule has 1 aromatic heterocycles. The van der Waals surface area contributed by atoms with Gasteiger partial charge in [-0.3, -0.25) is 4.79 Å². The molecule has 0 unspecified atom stereocenters.